The van der Waals surface area contributed by atoms with Crippen molar-refractivity contribution in [1.82, 2.24) is 4.98 Å². The van der Waals surface area contributed by atoms with Crippen LogP contribution in [0.5, 0.6) is 0 Å². The average Bonchev–Trinajstić information content (AvgIpc) is 3.09. The minimum absolute atomic E-state index is 0.189. The maximum absolute atomic E-state index is 13.5. The molecule has 1 N–H and O–H groups in total. The van der Waals surface area contributed by atoms with Gasteiger partial charge in [0.05, 0.1) is 10.2 Å². The number of anilines is 2. The van der Waals surface area contributed by atoms with E-state index in [9.17, 15) is 18.8 Å². The number of carbonyl (C=O) groups excluding carboxylic acids is 3. The highest BCUT2D eigenvalue weighted by molar-refractivity contribution is 7.22. The van der Waals surface area contributed by atoms with Gasteiger partial charge in [-0.1, -0.05) is 23.5 Å². The van der Waals surface area contributed by atoms with Crippen LogP contribution in [0.3, 0.4) is 0 Å². The Bertz CT molecular complexity index is 1360. The second-order valence-electron chi connectivity index (χ2n) is 6.62. The molecule has 1 aromatic heterocycles. The molecule has 3 aromatic carbocycles. The number of thiazole rings is 1. The Labute approximate surface area is 167 Å². The van der Waals surface area contributed by atoms with Gasteiger partial charge in [-0.3, -0.25) is 14.4 Å². The monoisotopic (exact) mass is 405 g/mol. The van der Waals surface area contributed by atoms with Crippen LogP contribution in [0.25, 0.3) is 21.0 Å². The molecule has 0 unspecified atom stereocenters. The summed E-state index contributed by atoms with van der Waals surface area (Å²) in [6.45, 7) is 1.39. The van der Waals surface area contributed by atoms with E-state index in [0.29, 0.717) is 37.8 Å². The van der Waals surface area contributed by atoms with E-state index < -0.39 is 17.6 Å². The molecule has 3 amide bonds. The lowest BCUT2D eigenvalue weighted by Gasteiger charge is -2.25. The minimum Gasteiger partial charge on any atom is -0.326 e. The van der Waals surface area contributed by atoms with E-state index in [1.165, 1.54) is 25.1 Å². The van der Waals surface area contributed by atoms with Gasteiger partial charge < -0.3 is 5.32 Å². The van der Waals surface area contributed by atoms with Crippen LogP contribution < -0.4 is 10.2 Å². The number of rotatable bonds is 2. The molecule has 142 valence electrons. The fraction of sp³-hybridized carbons (Fsp3) is 0.0476. The van der Waals surface area contributed by atoms with Crippen molar-refractivity contribution in [3.63, 3.8) is 0 Å². The molecule has 1 aliphatic rings. The Morgan fingerprint density at radius 1 is 1.07 bits per heavy atom. The summed E-state index contributed by atoms with van der Waals surface area (Å²) in [6, 6.07) is 12.4. The van der Waals surface area contributed by atoms with Crippen molar-refractivity contribution >= 4 is 60.9 Å². The molecule has 2 heterocycles. The molecule has 0 aliphatic carbocycles. The van der Waals surface area contributed by atoms with E-state index in [2.05, 4.69) is 10.3 Å². The number of carbonyl (C=O) groups is 3. The molecule has 1 aliphatic heterocycles. The van der Waals surface area contributed by atoms with Crippen LogP contribution in [0, 0.1) is 5.82 Å². The summed E-state index contributed by atoms with van der Waals surface area (Å²) in [5.74, 6) is -1.67. The molecule has 29 heavy (non-hydrogen) atoms. The smallest absolute Gasteiger partial charge is 0.267 e. The molecule has 4 aromatic rings. The number of nitrogens with one attached hydrogen (secondary N) is 1. The summed E-state index contributed by atoms with van der Waals surface area (Å²) in [6.07, 6.45) is 0. The molecule has 8 heteroatoms. The van der Waals surface area contributed by atoms with E-state index in [0.717, 1.165) is 16.2 Å². The summed E-state index contributed by atoms with van der Waals surface area (Å²) in [4.78, 5) is 43.3. The number of amides is 3. The third kappa shape index (κ3) is 2.60. The van der Waals surface area contributed by atoms with Crippen molar-refractivity contribution in [2.24, 2.45) is 0 Å². The SMILES string of the molecule is CC(=O)Nc1ccc2c3c(cccc13)C(=O)N(c1nc3ccc(F)cc3s1)C2=O. The quantitative estimate of drug-likeness (QED) is 0.503. The maximum atomic E-state index is 13.5. The summed E-state index contributed by atoms with van der Waals surface area (Å²) < 4.78 is 14.1. The van der Waals surface area contributed by atoms with Crippen LogP contribution in [0.2, 0.25) is 0 Å². The molecule has 0 atom stereocenters. The normalized spacial score (nSPS) is 13.4. The van der Waals surface area contributed by atoms with Gasteiger partial charge in [-0.25, -0.2) is 14.3 Å². The zero-order valence-corrected chi connectivity index (χ0v) is 15.8. The van der Waals surface area contributed by atoms with Gasteiger partial charge in [0.25, 0.3) is 11.8 Å². The number of aromatic nitrogens is 1. The predicted octanol–water partition coefficient (Wildman–Crippen LogP) is 4.35. The third-order valence-corrected chi connectivity index (χ3v) is 5.75. The van der Waals surface area contributed by atoms with E-state index in [1.54, 1.807) is 30.3 Å². The first-order chi connectivity index (χ1) is 13.9. The molecule has 0 radical (unpaired) electrons. The summed E-state index contributed by atoms with van der Waals surface area (Å²) in [5, 5.41) is 4.03. The fourth-order valence-corrected chi connectivity index (χ4v) is 4.54. The fourth-order valence-electron chi connectivity index (χ4n) is 3.55. The maximum Gasteiger partial charge on any atom is 0.267 e. The third-order valence-electron chi connectivity index (χ3n) is 4.75. The van der Waals surface area contributed by atoms with Crippen molar-refractivity contribution < 1.29 is 18.8 Å². The highest BCUT2D eigenvalue weighted by atomic mass is 32.1. The lowest BCUT2D eigenvalue weighted by Crippen LogP contribution is -2.40. The predicted molar refractivity (Wildman–Crippen MR) is 109 cm³/mol. The summed E-state index contributed by atoms with van der Waals surface area (Å²) in [5.41, 5.74) is 1.73. The van der Waals surface area contributed by atoms with Crippen molar-refractivity contribution in [2.75, 3.05) is 10.2 Å². The van der Waals surface area contributed by atoms with Gasteiger partial charge >= 0.3 is 0 Å². The van der Waals surface area contributed by atoms with Gasteiger partial charge in [0, 0.05) is 34.5 Å². The second-order valence-corrected chi connectivity index (χ2v) is 7.63. The first kappa shape index (κ1) is 17.4. The number of hydrogen-bond donors (Lipinski definition) is 1. The first-order valence-electron chi connectivity index (χ1n) is 8.72. The summed E-state index contributed by atoms with van der Waals surface area (Å²) >= 11 is 1.08. The van der Waals surface area contributed by atoms with Gasteiger partial charge in [-0.05, 0) is 36.4 Å². The van der Waals surface area contributed by atoms with E-state index in [4.69, 9.17) is 0 Å². The van der Waals surface area contributed by atoms with Gasteiger partial charge in [0.15, 0.2) is 0 Å². The molecule has 0 saturated carbocycles. The topological polar surface area (TPSA) is 79.4 Å². The van der Waals surface area contributed by atoms with Crippen molar-refractivity contribution in [3.05, 3.63) is 65.5 Å². The Hall–Kier alpha value is -3.65. The molecule has 6 nitrogen and oxygen atoms in total. The Kier molecular flexibility index (Phi) is 3.72. The number of halogens is 1. The number of fused-ring (bicyclic) bond motifs is 1. The number of nitrogens with zero attached hydrogens (tertiary/aromatic N) is 2. The van der Waals surface area contributed by atoms with Gasteiger partial charge in [0.1, 0.15) is 5.82 Å². The Morgan fingerprint density at radius 3 is 2.59 bits per heavy atom. The van der Waals surface area contributed by atoms with E-state index in [1.807, 2.05) is 0 Å². The van der Waals surface area contributed by atoms with Crippen molar-refractivity contribution in [3.8, 4) is 0 Å². The standard InChI is InChI=1S/C21H12FN3O3S/c1-10(26)23-15-8-6-14-18-12(15)3-2-4-13(18)19(27)25(20(14)28)21-24-16-7-5-11(22)9-17(16)29-21/h2-9H,1H3,(H,23,26). The zero-order valence-electron chi connectivity index (χ0n) is 15.0. The largest absolute Gasteiger partial charge is 0.326 e. The molecular formula is C21H12FN3O3S. The van der Waals surface area contributed by atoms with Crippen LogP contribution in [0.15, 0.2) is 48.5 Å². The van der Waals surface area contributed by atoms with Crippen LogP contribution in [0.1, 0.15) is 27.6 Å². The molecule has 5 rings (SSSR count). The van der Waals surface area contributed by atoms with Gasteiger partial charge in [-0.2, -0.15) is 0 Å². The van der Waals surface area contributed by atoms with E-state index >= 15 is 0 Å². The zero-order chi connectivity index (χ0) is 20.3. The lowest BCUT2D eigenvalue weighted by atomic mass is 9.93. The molecular weight excluding hydrogens is 393 g/mol. The van der Waals surface area contributed by atoms with Gasteiger partial charge in [0.2, 0.25) is 11.0 Å². The van der Waals surface area contributed by atoms with Crippen LogP contribution in [-0.4, -0.2) is 22.7 Å². The number of hydrogen-bond acceptors (Lipinski definition) is 5. The van der Waals surface area contributed by atoms with Crippen LogP contribution in [0.4, 0.5) is 15.2 Å². The first-order valence-corrected chi connectivity index (χ1v) is 9.54. The van der Waals surface area contributed by atoms with Crippen LogP contribution in [-0.2, 0) is 4.79 Å². The number of imide groups is 1. The second kappa shape index (κ2) is 6.18. The molecule has 0 saturated heterocycles. The highest BCUT2D eigenvalue weighted by Crippen LogP contribution is 2.38. The van der Waals surface area contributed by atoms with E-state index in [-0.39, 0.29) is 11.0 Å². The Balaban J connectivity index is 1.70. The molecule has 0 spiro atoms. The molecule has 0 fully saturated rings. The number of benzene rings is 3. The van der Waals surface area contributed by atoms with Gasteiger partial charge in [-0.15, -0.1) is 0 Å². The molecule has 0 bridgehead atoms. The van der Waals surface area contributed by atoms with Crippen molar-refractivity contribution in [1.29, 1.82) is 0 Å². The van der Waals surface area contributed by atoms with Crippen LogP contribution >= 0.6 is 11.3 Å². The Morgan fingerprint density at radius 2 is 1.83 bits per heavy atom. The minimum atomic E-state index is -0.507. The van der Waals surface area contributed by atoms with Crippen molar-refractivity contribution in [2.45, 2.75) is 6.92 Å². The average molecular weight is 405 g/mol. The highest BCUT2D eigenvalue weighted by Gasteiger charge is 2.36. The lowest BCUT2D eigenvalue weighted by molar-refractivity contribution is -0.114. The summed E-state index contributed by atoms with van der Waals surface area (Å²) in [7, 11) is 0.